The number of hydrogen-bond donors (Lipinski definition) is 1. The molecule has 94 valence electrons. The number of hydrogen-bond acceptors (Lipinski definition) is 4. The van der Waals surface area contributed by atoms with Crippen LogP contribution in [0.2, 0.25) is 0 Å². The maximum atomic E-state index is 4.14. The summed E-state index contributed by atoms with van der Waals surface area (Å²) < 4.78 is 0.987. The fourth-order valence-electron chi connectivity index (χ4n) is 1.66. The van der Waals surface area contributed by atoms with Gasteiger partial charge in [-0.15, -0.1) is 0 Å². The number of halogens is 1. The molecule has 0 fully saturated rings. The summed E-state index contributed by atoms with van der Waals surface area (Å²) in [5.74, 6) is 0. The van der Waals surface area contributed by atoms with E-state index in [0.29, 0.717) is 0 Å². The van der Waals surface area contributed by atoms with Crippen LogP contribution in [-0.2, 0) is 6.54 Å². The van der Waals surface area contributed by atoms with Crippen LogP contribution in [0.4, 0.5) is 11.4 Å². The SMILES string of the molecule is CN(C)c1ccncc1NCc1cncc(Br)c1. The van der Waals surface area contributed by atoms with E-state index in [0.717, 1.165) is 28.0 Å². The Morgan fingerprint density at radius 2 is 2.06 bits per heavy atom. The Morgan fingerprint density at radius 1 is 1.22 bits per heavy atom. The van der Waals surface area contributed by atoms with E-state index >= 15 is 0 Å². The lowest BCUT2D eigenvalue weighted by Crippen LogP contribution is -2.12. The molecule has 1 N–H and O–H groups in total. The van der Waals surface area contributed by atoms with Gasteiger partial charge in [0.25, 0.3) is 0 Å². The fraction of sp³-hybridized carbons (Fsp3) is 0.231. The van der Waals surface area contributed by atoms with Crippen LogP contribution in [0.5, 0.6) is 0 Å². The van der Waals surface area contributed by atoms with Crippen LogP contribution in [0.1, 0.15) is 5.56 Å². The molecular formula is C13H15BrN4. The number of aromatic nitrogens is 2. The molecule has 0 atom stereocenters. The second-order valence-corrected chi connectivity index (χ2v) is 5.07. The van der Waals surface area contributed by atoms with E-state index in [4.69, 9.17) is 0 Å². The molecule has 0 amide bonds. The second kappa shape index (κ2) is 5.82. The van der Waals surface area contributed by atoms with Crippen LogP contribution >= 0.6 is 15.9 Å². The third kappa shape index (κ3) is 3.20. The van der Waals surface area contributed by atoms with Gasteiger partial charge in [0, 0.05) is 43.7 Å². The predicted octanol–water partition coefficient (Wildman–Crippen LogP) is 2.92. The Morgan fingerprint density at radius 3 is 2.78 bits per heavy atom. The molecule has 18 heavy (non-hydrogen) atoms. The molecule has 0 saturated heterocycles. The van der Waals surface area contributed by atoms with Crippen molar-refractivity contribution in [1.82, 2.24) is 9.97 Å². The van der Waals surface area contributed by atoms with Crippen LogP contribution in [0.15, 0.2) is 41.4 Å². The first kappa shape index (κ1) is 12.8. The highest BCUT2D eigenvalue weighted by Gasteiger charge is 2.03. The van der Waals surface area contributed by atoms with E-state index in [1.807, 2.05) is 38.6 Å². The third-order valence-electron chi connectivity index (χ3n) is 2.52. The van der Waals surface area contributed by atoms with Crippen molar-refractivity contribution in [2.45, 2.75) is 6.54 Å². The van der Waals surface area contributed by atoms with Gasteiger partial charge >= 0.3 is 0 Å². The van der Waals surface area contributed by atoms with Gasteiger partial charge in [0.15, 0.2) is 0 Å². The molecule has 5 heteroatoms. The van der Waals surface area contributed by atoms with Crippen molar-refractivity contribution in [3.8, 4) is 0 Å². The van der Waals surface area contributed by atoms with Crippen LogP contribution in [-0.4, -0.2) is 24.1 Å². The standard InChI is InChI=1S/C13H15BrN4/c1-18(2)13-3-4-15-9-12(13)17-7-10-5-11(14)8-16-6-10/h3-6,8-9,17H,7H2,1-2H3. The quantitative estimate of drug-likeness (QED) is 0.943. The number of rotatable bonds is 4. The largest absolute Gasteiger partial charge is 0.378 e. The monoisotopic (exact) mass is 306 g/mol. The molecule has 2 aromatic heterocycles. The second-order valence-electron chi connectivity index (χ2n) is 4.15. The van der Waals surface area contributed by atoms with Gasteiger partial charge in [0.1, 0.15) is 0 Å². The minimum absolute atomic E-state index is 0.721. The Balaban J connectivity index is 2.11. The summed E-state index contributed by atoms with van der Waals surface area (Å²) in [5.41, 5.74) is 3.26. The smallest absolute Gasteiger partial charge is 0.0766 e. The predicted molar refractivity (Wildman–Crippen MR) is 77.8 cm³/mol. The van der Waals surface area contributed by atoms with Crippen LogP contribution in [0.25, 0.3) is 0 Å². The Kier molecular flexibility index (Phi) is 4.15. The van der Waals surface area contributed by atoms with Crippen LogP contribution in [0.3, 0.4) is 0 Å². The lowest BCUT2D eigenvalue weighted by Gasteiger charge is -2.17. The van der Waals surface area contributed by atoms with Gasteiger partial charge in [0.2, 0.25) is 0 Å². The first-order valence-electron chi connectivity index (χ1n) is 5.61. The molecule has 0 spiro atoms. The molecule has 0 aliphatic carbocycles. The highest BCUT2D eigenvalue weighted by Crippen LogP contribution is 2.23. The fourth-order valence-corrected chi connectivity index (χ4v) is 2.08. The molecule has 4 nitrogen and oxygen atoms in total. The topological polar surface area (TPSA) is 41.1 Å². The first-order chi connectivity index (χ1) is 8.66. The van der Waals surface area contributed by atoms with E-state index in [9.17, 15) is 0 Å². The summed E-state index contributed by atoms with van der Waals surface area (Å²) in [5, 5.41) is 3.37. The third-order valence-corrected chi connectivity index (χ3v) is 2.96. The molecule has 0 aromatic carbocycles. The minimum Gasteiger partial charge on any atom is -0.378 e. The molecule has 0 saturated carbocycles. The average molecular weight is 307 g/mol. The molecule has 0 aliphatic heterocycles. The molecular weight excluding hydrogens is 292 g/mol. The van der Waals surface area contributed by atoms with E-state index in [1.54, 1.807) is 12.4 Å². The molecule has 2 heterocycles. The van der Waals surface area contributed by atoms with Gasteiger partial charge in [0.05, 0.1) is 17.6 Å². The van der Waals surface area contributed by atoms with E-state index in [-0.39, 0.29) is 0 Å². The van der Waals surface area contributed by atoms with Crippen molar-refractivity contribution in [3.05, 3.63) is 47.0 Å². The Hall–Kier alpha value is -1.62. The zero-order chi connectivity index (χ0) is 13.0. The van der Waals surface area contributed by atoms with Gasteiger partial charge in [-0.05, 0) is 33.6 Å². The van der Waals surface area contributed by atoms with Crippen molar-refractivity contribution in [3.63, 3.8) is 0 Å². The molecule has 2 aromatic rings. The van der Waals surface area contributed by atoms with Crippen molar-refractivity contribution < 1.29 is 0 Å². The van der Waals surface area contributed by atoms with Gasteiger partial charge in [-0.1, -0.05) is 0 Å². The molecule has 0 bridgehead atoms. The lowest BCUT2D eigenvalue weighted by molar-refractivity contribution is 1.07. The van der Waals surface area contributed by atoms with Gasteiger partial charge in [-0.2, -0.15) is 0 Å². The molecule has 0 unspecified atom stereocenters. The van der Waals surface area contributed by atoms with Crippen molar-refractivity contribution in [2.75, 3.05) is 24.3 Å². The lowest BCUT2D eigenvalue weighted by atomic mass is 10.2. The van der Waals surface area contributed by atoms with Crippen LogP contribution in [0, 0.1) is 0 Å². The van der Waals surface area contributed by atoms with E-state index in [1.165, 1.54) is 0 Å². The van der Waals surface area contributed by atoms with Gasteiger partial charge < -0.3 is 10.2 Å². The molecule has 2 rings (SSSR count). The number of anilines is 2. The molecule has 0 aliphatic rings. The highest BCUT2D eigenvalue weighted by molar-refractivity contribution is 9.10. The number of nitrogens with one attached hydrogen (secondary N) is 1. The van der Waals surface area contributed by atoms with E-state index in [2.05, 4.69) is 36.1 Å². The Bertz CT molecular complexity index is 528. The highest BCUT2D eigenvalue weighted by atomic mass is 79.9. The average Bonchev–Trinajstić information content (AvgIpc) is 2.37. The Labute approximate surface area is 115 Å². The summed E-state index contributed by atoms with van der Waals surface area (Å²) in [7, 11) is 4.03. The minimum atomic E-state index is 0.721. The molecule has 0 radical (unpaired) electrons. The summed E-state index contributed by atoms with van der Waals surface area (Å²) in [6.45, 7) is 0.721. The van der Waals surface area contributed by atoms with Gasteiger partial charge in [-0.3, -0.25) is 9.97 Å². The van der Waals surface area contributed by atoms with Crippen molar-refractivity contribution >= 4 is 27.3 Å². The van der Waals surface area contributed by atoms with Crippen molar-refractivity contribution in [2.24, 2.45) is 0 Å². The van der Waals surface area contributed by atoms with E-state index < -0.39 is 0 Å². The zero-order valence-corrected chi connectivity index (χ0v) is 12.0. The van der Waals surface area contributed by atoms with Gasteiger partial charge in [-0.25, -0.2) is 0 Å². The van der Waals surface area contributed by atoms with Crippen molar-refractivity contribution in [1.29, 1.82) is 0 Å². The summed E-state index contributed by atoms with van der Waals surface area (Å²) in [4.78, 5) is 10.3. The first-order valence-corrected chi connectivity index (χ1v) is 6.41. The normalized spacial score (nSPS) is 10.2. The maximum absolute atomic E-state index is 4.14. The zero-order valence-electron chi connectivity index (χ0n) is 10.4. The number of nitrogens with zero attached hydrogens (tertiary/aromatic N) is 3. The summed E-state index contributed by atoms with van der Waals surface area (Å²) in [6.07, 6.45) is 7.25. The van der Waals surface area contributed by atoms with Crippen LogP contribution < -0.4 is 10.2 Å². The number of pyridine rings is 2. The summed E-state index contributed by atoms with van der Waals surface area (Å²) in [6, 6.07) is 4.03. The maximum Gasteiger partial charge on any atom is 0.0766 e. The summed E-state index contributed by atoms with van der Waals surface area (Å²) >= 11 is 3.42.